The maximum Gasteiger partial charge on any atom is 0.222 e. The van der Waals surface area contributed by atoms with Gasteiger partial charge in [0.1, 0.15) is 0 Å². The number of hydrogen-bond donors (Lipinski definition) is 0. The molecule has 2 heteroatoms. The summed E-state index contributed by atoms with van der Waals surface area (Å²) < 4.78 is 0. The number of unbranched alkanes of at least 4 members (excludes halogenated alkanes) is 2. The maximum absolute atomic E-state index is 11.3. The van der Waals surface area contributed by atoms with Gasteiger partial charge in [-0.3, -0.25) is 4.79 Å². The van der Waals surface area contributed by atoms with Gasteiger partial charge >= 0.3 is 0 Å². The van der Waals surface area contributed by atoms with Gasteiger partial charge in [-0.05, 0) is 31.6 Å². The van der Waals surface area contributed by atoms with Crippen LogP contribution in [0.1, 0.15) is 52.4 Å². The third-order valence-corrected chi connectivity index (χ3v) is 2.91. The van der Waals surface area contributed by atoms with Gasteiger partial charge in [-0.1, -0.05) is 32.4 Å². The van der Waals surface area contributed by atoms with Gasteiger partial charge in [-0.15, -0.1) is 0 Å². The Hall–Kier alpha value is -0.790. The summed E-state index contributed by atoms with van der Waals surface area (Å²) in [5.41, 5.74) is 0. The molecule has 0 aliphatic heterocycles. The summed E-state index contributed by atoms with van der Waals surface area (Å²) in [5, 5.41) is 0. The molecule has 0 aromatic rings. The van der Waals surface area contributed by atoms with Crippen LogP contribution in [-0.2, 0) is 4.79 Å². The Morgan fingerprint density at radius 3 is 2.50 bits per heavy atom. The van der Waals surface area contributed by atoms with Crippen molar-refractivity contribution < 1.29 is 4.79 Å². The molecule has 0 aliphatic rings. The Kier molecular flexibility index (Phi) is 8.97. The number of hydrogen-bond acceptors (Lipinski definition) is 1. The van der Waals surface area contributed by atoms with Gasteiger partial charge in [0.05, 0.1) is 0 Å². The first-order valence-electron chi connectivity index (χ1n) is 6.43. The second-order valence-corrected chi connectivity index (χ2v) is 4.75. The van der Waals surface area contributed by atoms with Crippen molar-refractivity contribution in [2.45, 2.75) is 52.4 Å². The molecule has 0 heterocycles. The largest absolute Gasteiger partial charge is 0.349 e. The predicted octanol–water partition coefficient (Wildman–Crippen LogP) is 3.63. The van der Waals surface area contributed by atoms with Gasteiger partial charge in [0.2, 0.25) is 5.91 Å². The summed E-state index contributed by atoms with van der Waals surface area (Å²) in [5.74, 6) is 1.04. The lowest BCUT2D eigenvalue weighted by molar-refractivity contribution is -0.128. The Morgan fingerprint density at radius 1 is 1.25 bits per heavy atom. The zero-order chi connectivity index (χ0) is 12.4. The lowest BCUT2D eigenvalue weighted by Gasteiger charge is -2.08. The van der Waals surface area contributed by atoms with Crippen molar-refractivity contribution in [2.24, 2.45) is 5.92 Å². The number of carbonyl (C=O) groups excluding carboxylic acids is 1. The van der Waals surface area contributed by atoms with E-state index in [4.69, 9.17) is 0 Å². The third-order valence-electron chi connectivity index (χ3n) is 2.91. The summed E-state index contributed by atoms with van der Waals surface area (Å²) in [6.07, 6.45) is 10.9. The molecule has 0 N–H and O–H groups in total. The Labute approximate surface area is 101 Å². The second-order valence-electron chi connectivity index (χ2n) is 4.75. The van der Waals surface area contributed by atoms with Gasteiger partial charge in [0.15, 0.2) is 0 Å². The highest BCUT2D eigenvalue weighted by Gasteiger charge is 2.01. The van der Waals surface area contributed by atoms with E-state index in [1.54, 1.807) is 4.90 Å². The van der Waals surface area contributed by atoms with Crippen molar-refractivity contribution in [1.29, 1.82) is 0 Å². The molecule has 1 amide bonds. The number of amides is 1. The first-order valence-corrected chi connectivity index (χ1v) is 6.43. The Morgan fingerprint density at radius 2 is 1.94 bits per heavy atom. The van der Waals surface area contributed by atoms with Crippen molar-refractivity contribution in [3.8, 4) is 0 Å². The first kappa shape index (κ1) is 15.2. The van der Waals surface area contributed by atoms with E-state index in [-0.39, 0.29) is 5.91 Å². The Bertz CT molecular complexity index is 209. The van der Waals surface area contributed by atoms with Crippen LogP contribution in [-0.4, -0.2) is 24.9 Å². The van der Waals surface area contributed by atoms with Crippen molar-refractivity contribution in [3.05, 3.63) is 12.2 Å². The average Bonchev–Trinajstić information content (AvgIpc) is 2.26. The van der Waals surface area contributed by atoms with Crippen LogP contribution in [0.25, 0.3) is 0 Å². The van der Waals surface area contributed by atoms with Crippen LogP contribution in [0.2, 0.25) is 0 Å². The molecule has 0 rings (SSSR count). The quantitative estimate of drug-likeness (QED) is 0.456. The van der Waals surface area contributed by atoms with Crippen LogP contribution in [0, 0.1) is 5.92 Å². The highest BCUT2D eigenvalue weighted by molar-refractivity contribution is 5.75. The van der Waals surface area contributed by atoms with Crippen LogP contribution in [0.4, 0.5) is 0 Å². The van der Waals surface area contributed by atoms with Gasteiger partial charge in [0, 0.05) is 20.5 Å². The maximum atomic E-state index is 11.3. The van der Waals surface area contributed by atoms with Gasteiger partial charge < -0.3 is 4.90 Å². The first-order chi connectivity index (χ1) is 7.57. The molecule has 2 nitrogen and oxygen atoms in total. The average molecular weight is 225 g/mol. The number of nitrogens with zero attached hydrogens (tertiary/aromatic N) is 1. The van der Waals surface area contributed by atoms with Gasteiger partial charge in [-0.25, -0.2) is 0 Å². The molecule has 0 fully saturated rings. The van der Waals surface area contributed by atoms with E-state index >= 15 is 0 Å². The molecule has 0 spiro atoms. The molecule has 94 valence electrons. The van der Waals surface area contributed by atoms with Crippen LogP contribution < -0.4 is 0 Å². The molecule has 0 saturated carbocycles. The van der Waals surface area contributed by atoms with E-state index in [0.717, 1.165) is 25.2 Å². The normalized spacial score (nSPS) is 13.0. The number of allylic oxidation sites excluding steroid dienone is 2. The minimum Gasteiger partial charge on any atom is -0.349 e. The molecule has 0 aromatic carbocycles. The molecular weight excluding hydrogens is 198 g/mol. The smallest absolute Gasteiger partial charge is 0.222 e. The molecule has 0 aliphatic carbocycles. The topological polar surface area (TPSA) is 20.3 Å². The third kappa shape index (κ3) is 8.51. The molecule has 1 unspecified atom stereocenters. The van der Waals surface area contributed by atoms with Crippen LogP contribution in [0.3, 0.4) is 0 Å². The SMILES string of the molecule is CCC(C)CC=CCCCCC(=O)N(C)C. The van der Waals surface area contributed by atoms with Crippen molar-refractivity contribution >= 4 is 5.91 Å². The summed E-state index contributed by atoms with van der Waals surface area (Å²) in [6, 6.07) is 0. The molecule has 16 heavy (non-hydrogen) atoms. The van der Waals surface area contributed by atoms with E-state index < -0.39 is 0 Å². The van der Waals surface area contributed by atoms with Crippen LogP contribution in [0.5, 0.6) is 0 Å². The minimum atomic E-state index is 0.239. The predicted molar refractivity (Wildman–Crippen MR) is 70.4 cm³/mol. The lowest BCUT2D eigenvalue weighted by atomic mass is 10.0. The molecule has 0 aromatic heterocycles. The van der Waals surface area contributed by atoms with Crippen LogP contribution >= 0.6 is 0 Å². The van der Waals surface area contributed by atoms with E-state index in [1.165, 1.54) is 12.8 Å². The highest BCUT2D eigenvalue weighted by Crippen LogP contribution is 2.08. The fraction of sp³-hybridized carbons (Fsp3) is 0.786. The van der Waals surface area contributed by atoms with Gasteiger partial charge in [0.25, 0.3) is 0 Å². The summed E-state index contributed by atoms with van der Waals surface area (Å²) in [7, 11) is 3.63. The van der Waals surface area contributed by atoms with Gasteiger partial charge in [-0.2, -0.15) is 0 Å². The van der Waals surface area contributed by atoms with E-state index in [2.05, 4.69) is 26.0 Å². The summed E-state index contributed by atoms with van der Waals surface area (Å²) in [6.45, 7) is 4.51. The fourth-order valence-corrected chi connectivity index (χ4v) is 1.38. The van der Waals surface area contributed by atoms with Crippen molar-refractivity contribution in [1.82, 2.24) is 4.90 Å². The Balaban J connectivity index is 3.36. The minimum absolute atomic E-state index is 0.239. The van der Waals surface area contributed by atoms with E-state index in [0.29, 0.717) is 6.42 Å². The van der Waals surface area contributed by atoms with E-state index in [9.17, 15) is 4.79 Å². The summed E-state index contributed by atoms with van der Waals surface area (Å²) >= 11 is 0. The fourth-order valence-electron chi connectivity index (χ4n) is 1.38. The molecule has 0 bridgehead atoms. The van der Waals surface area contributed by atoms with Crippen LogP contribution in [0.15, 0.2) is 12.2 Å². The molecule has 1 atom stereocenters. The number of rotatable bonds is 8. The lowest BCUT2D eigenvalue weighted by Crippen LogP contribution is -2.20. The zero-order valence-electron chi connectivity index (χ0n) is 11.3. The number of carbonyl (C=O) groups is 1. The zero-order valence-corrected chi connectivity index (χ0v) is 11.3. The summed E-state index contributed by atoms with van der Waals surface area (Å²) in [4.78, 5) is 12.9. The van der Waals surface area contributed by atoms with Crippen molar-refractivity contribution in [3.63, 3.8) is 0 Å². The highest BCUT2D eigenvalue weighted by atomic mass is 16.2. The monoisotopic (exact) mass is 225 g/mol. The second kappa shape index (κ2) is 9.44. The molecule has 0 radical (unpaired) electrons. The molecular formula is C14H27NO. The van der Waals surface area contributed by atoms with Crippen molar-refractivity contribution in [2.75, 3.05) is 14.1 Å². The van der Waals surface area contributed by atoms with E-state index in [1.807, 2.05) is 14.1 Å². The molecule has 0 saturated heterocycles. The standard InChI is InChI=1S/C14H27NO/c1-5-13(2)11-9-7-6-8-10-12-14(16)15(3)4/h7,9,13H,5-6,8,10-12H2,1-4H3.